The summed E-state index contributed by atoms with van der Waals surface area (Å²) >= 11 is 0. The summed E-state index contributed by atoms with van der Waals surface area (Å²) in [4.78, 5) is -1.84. The standard InChI is InChI=1S/C6H5O7S2/c7-5-2-1-4(14(8,9)10)3-6(5)15(11,12)13/h1,3,7H,(H,8,9,10)(H,11,12,13). The Morgan fingerprint density at radius 1 is 1.07 bits per heavy atom. The lowest BCUT2D eigenvalue weighted by Crippen LogP contribution is -2.03. The van der Waals surface area contributed by atoms with E-state index in [1.54, 1.807) is 0 Å². The van der Waals surface area contributed by atoms with E-state index in [1.165, 1.54) is 0 Å². The van der Waals surface area contributed by atoms with Crippen LogP contribution in [0.2, 0.25) is 0 Å². The molecule has 3 N–H and O–H groups in total. The summed E-state index contributed by atoms with van der Waals surface area (Å²) in [6.45, 7) is 0. The monoisotopic (exact) mass is 253 g/mol. The zero-order valence-electron chi connectivity index (χ0n) is 6.95. The van der Waals surface area contributed by atoms with Gasteiger partial charge in [0.1, 0.15) is 10.6 Å². The van der Waals surface area contributed by atoms with E-state index in [0.717, 1.165) is 0 Å². The first-order valence-electron chi connectivity index (χ1n) is 3.32. The molecule has 0 atom stereocenters. The van der Waals surface area contributed by atoms with Gasteiger partial charge < -0.3 is 5.11 Å². The molecule has 1 aromatic rings. The lowest BCUT2D eigenvalue weighted by Gasteiger charge is -2.02. The van der Waals surface area contributed by atoms with Gasteiger partial charge in [-0.05, 0) is 12.1 Å². The largest absolute Gasteiger partial charge is 0.506 e. The second-order valence-corrected chi connectivity index (χ2v) is 5.31. The second-order valence-electron chi connectivity index (χ2n) is 2.50. The number of phenolic OH excluding ortho intramolecular Hbond substituents is 1. The quantitative estimate of drug-likeness (QED) is 0.616. The van der Waals surface area contributed by atoms with Crippen molar-refractivity contribution in [3.05, 3.63) is 18.2 Å². The minimum Gasteiger partial charge on any atom is -0.506 e. The van der Waals surface area contributed by atoms with Crippen LogP contribution >= 0.6 is 0 Å². The fourth-order valence-corrected chi connectivity index (χ4v) is 1.92. The number of aromatic hydroxyl groups is 1. The summed E-state index contributed by atoms with van der Waals surface area (Å²) in [6, 6.07) is 2.94. The number of hydrogen-bond donors (Lipinski definition) is 3. The van der Waals surface area contributed by atoms with Crippen molar-refractivity contribution >= 4 is 20.2 Å². The molecule has 1 radical (unpaired) electrons. The van der Waals surface area contributed by atoms with Crippen LogP contribution < -0.4 is 0 Å². The van der Waals surface area contributed by atoms with Crippen LogP contribution in [0.5, 0.6) is 5.75 Å². The normalized spacial score (nSPS) is 12.7. The number of benzene rings is 1. The maximum absolute atomic E-state index is 10.6. The maximum atomic E-state index is 10.6. The fourth-order valence-electron chi connectivity index (χ4n) is 0.795. The molecular formula is C6H5O7S2. The summed E-state index contributed by atoms with van der Waals surface area (Å²) in [5, 5.41) is 8.97. The van der Waals surface area contributed by atoms with Crippen LogP contribution in [0, 0.1) is 6.07 Å². The minimum absolute atomic E-state index is 0.413. The summed E-state index contributed by atoms with van der Waals surface area (Å²) in [7, 11) is -9.39. The summed E-state index contributed by atoms with van der Waals surface area (Å²) in [6.07, 6.45) is 0. The predicted octanol–water partition coefficient (Wildman–Crippen LogP) is -0.314. The van der Waals surface area contributed by atoms with Crippen LogP contribution in [0.1, 0.15) is 0 Å². The van der Waals surface area contributed by atoms with E-state index in [2.05, 4.69) is 0 Å². The van der Waals surface area contributed by atoms with Gasteiger partial charge >= 0.3 is 0 Å². The number of phenols is 1. The Morgan fingerprint density at radius 3 is 2.00 bits per heavy atom. The van der Waals surface area contributed by atoms with Crippen molar-refractivity contribution in [3.63, 3.8) is 0 Å². The Hall–Kier alpha value is -1.16. The molecule has 83 valence electrons. The van der Waals surface area contributed by atoms with E-state index in [-0.39, 0.29) is 0 Å². The molecule has 15 heavy (non-hydrogen) atoms. The molecule has 0 aliphatic carbocycles. The second kappa shape index (κ2) is 3.45. The van der Waals surface area contributed by atoms with Gasteiger partial charge in [-0.25, -0.2) is 0 Å². The van der Waals surface area contributed by atoms with Crippen LogP contribution in [0.25, 0.3) is 0 Å². The van der Waals surface area contributed by atoms with Gasteiger partial charge in [0.05, 0.1) is 4.90 Å². The first kappa shape index (κ1) is 11.9. The van der Waals surface area contributed by atoms with E-state index in [0.29, 0.717) is 12.1 Å². The molecule has 0 saturated carbocycles. The van der Waals surface area contributed by atoms with E-state index < -0.39 is 35.8 Å². The van der Waals surface area contributed by atoms with Crippen molar-refractivity contribution in [1.29, 1.82) is 0 Å². The molecule has 0 saturated heterocycles. The molecule has 0 unspecified atom stereocenters. The molecule has 0 amide bonds. The number of hydrogen-bond acceptors (Lipinski definition) is 5. The Morgan fingerprint density at radius 2 is 1.60 bits per heavy atom. The first-order chi connectivity index (χ1) is 6.62. The summed E-state index contributed by atoms with van der Waals surface area (Å²) in [5.74, 6) is -0.940. The topological polar surface area (TPSA) is 129 Å². The summed E-state index contributed by atoms with van der Waals surface area (Å²) < 4.78 is 59.6. The van der Waals surface area contributed by atoms with Crippen LogP contribution in [-0.2, 0) is 20.2 Å². The van der Waals surface area contributed by atoms with Gasteiger partial charge in [0.25, 0.3) is 20.2 Å². The van der Waals surface area contributed by atoms with Gasteiger partial charge in [-0.3, -0.25) is 9.11 Å². The first-order valence-corrected chi connectivity index (χ1v) is 6.20. The smallest absolute Gasteiger partial charge is 0.298 e. The van der Waals surface area contributed by atoms with E-state index in [1.807, 2.05) is 6.07 Å². The molecule has 7 nitrogen and oxygen atoms in total. The average Bonchev–Trinajstić information content (AvgIpc) is 2.00. The van der Waals surface area contributed by atoms with E-state index >= 15 is 0 Å². The van der Waals surface area contributed by atoms with E-state index in [4.69, 9.17) is 14.2 Å². The zero-order valence-corrected chi connectivity index (χ0v) is 8.58. The van der Waals surface area contributed by atoms with Gasteiger partial charge in [0.2, 0.25) is 0 Å². The minimum atomic E-state index is -4.77. The molecule has 0 aliphatic rings. The highest BCUT2D eigenvalue weighted by Gasteiger charge is 2.20. The highest BCUT2D eigenvalue weighted by Crippen LogP contribution is 2.24. The summed E-state index contributed by atoms with van der Waals surface area (Å²) in [5.41, 5.74) is 0. The van der Waals surface area contributed by atoms with Crippen molar-refractivity contribution in [2.75, 3.05) is 0 Å². The number of rotatable bonds is 2. The molecule has 1 aromatic carbocycles. The Balaban J connectivity index is 3.57. The van der Waals surface area contributed by atoms with Gasteiger partial charge in [0, 0.05) is 6.07 Å². The Labute approximate surface area is 85.5 Å². The Kier molecular flexibility index (Phi) is 2.74. The highest BCUT2D eigenvalue weighted by atomic mass is 32.2. The molecule has 0 heterocycles. The zero-order chi connectivity index (χ0) is 11.9. The van der Waals surface area contributed by atoms with Crippen molar-refractivity contribution in [3.8, 4) is 5.75 Å². The van der Waals surface area contributed by atoms with Crippen molar-refractivity contribution in [1.82, 2.24) is 0 Å². The molecule has 1 rings (SSSR count). The van der Waals surface area contributed by atoms with Crippen molar-refractivity contribution < 1.29 is 31.0 Å². The third-order valence-corrected chi connectivity index (χ3v) is 3.13. The SMILES string of the molecule is O=S(=O)(O)c1c[c]c(O)c(S(=O)(=O)O)c1. The third-order valence-electron chi connectivity index (χ3n) is 1.43. The molecule has 9 heteroatoms. The molecule has 0 spiro atoms. The lowest BCUT2D eigenvalue weighted by atomic mass is 10.3. The molecule has 0 bridgehead atoms. The van der Waals surface area contributed by atoms with Crippen LogP contribution in [0.15, 0.2) is 21.9 Å². The average molecular weight is 253 g/mol. The Bertz CT molecular complexity index is 584. The maximum Gasteiger partial charge on any atom is 0.298 e. The van der Waals surface area contributed by atoms with Crippen molar-refractivity contribution in [2.45, 2.75) is 9.79 Å². The van der Waals surface area contributed by atoms with Crippen molar-refractivity contribution in [2.24, 2.45) is 0 Å². The van der Waals surface area contributed by atoms with Crippen LogP contribution in [-0.4, -0.2) is 31.0 Å². The molecule has 0 fully saturated rings. The van der Waals surface area contributed by atoms with Crippen LogP contribution in [0.3, 0.4) is 0 Å². The highest BCUT2D eigenvalue weighted by molar-refractivity contribution is 7.86. The molecular weight excluding hydrogens is 248 g/mol. The van der Waals surface area contributed by atoms with Gasteiger partial charge in [-0.15, -0.1) is 0 Å². The molecule has 0 aliphatic heterocycles. The molecule has 0 aromatic heterocycles. The third kappa shape index (κ3) is 2.65. The van der Waals surface area contributed by atoms with Gasteiger partial charge in [-0.2, -0.15) is 16.8 Å². The van der Waals surface area contributed by atoms with E-state index in [9.17, 15) is 16.8 Å². The van der Waals surface area contributed by atoms with Gasteiger partial charge in [0.15, 0.2) is 0 Å². The lowest BCUT2D eigenvalue weighted by molar-refractivity contribution is 0.441. The van der Waals surface area contributed by atoms with Crippen LogP contribution in [0.4, 0.5) is 0 Å². The predicted molar refractivity (Wildman–Crippen MR) is 46.6 cm³/mol. The van der Waals surface area contributed by atoms with Gasteiger partial charge in [-0.1, -0.05) is 0 Å². The fraction of sp³-hybridized carbons (Fsp3) is 0.